The molecule has 6 heteroatoms. The van der Waals surface area contributed by atoms with E-state index in [9.17, 15) is 8.42 Å². The normalized spacial score (nSPS) is 19.6. The second-order valence-electron chi connectivity index (χ2n) is 5.38. The lowest BCUT2D eigenvalue weighted by Crippen LogP contribution is -2.31. The van der Waals surface area contributed by atoms with Crippen molar-refractivity contribution in [2.75, 3.05) is 18.8 Å². The molecule has 1 aromatic carbocycles. The summed E-state index contributed by atoms with van der Waals surface area (Å²) in [6, 6.07) is 7.11. The van der Waals surface area contributed by atoms with Crippen LogP contribution in [-0.4, -0.2) is 32.5 Å². The van der Waals surface area contributed by atoms with Crippen molar-refractivity contribution in [3.63, 3.8) is 0 Å². The molecule has 118 valence electrons. The predicted octanol–water partition coefficient (Wildman–Crippen LogP) is 2.14. The number of sulfonamides is 1. The van der Waals surface area contributed by atoms with E-state index in [4.69, 9.17) is 5.73 Å². The Kier molecular flexibility index (Phi) is 6.54. The summed E-state index contributed by atoms with van der Waals surface area (Å²) in [5.41, 5.74) is 6.61. The molecule has 0 saturated carbocycles. The fourth-order valence-corrected chi connectivity index (χ4v) is 4.82. The third kappa shape index (κ3) is 5.29. The van der Waals surface area contributed by atoms with Gasteiger partial charge in [-0.25, -0.2) is 13.1 Å². The number of nitrogens with one attached hydrogen (secondary N) is 1. The van der Waals surface area contributed by atoms with Crippen LogP contribution >= 0.6 is 11.8 Å². The highest BCUT2D eigenvalue weighted by atomic mass is 32.2. The third-order valence-corrected chi connectivity index (χ3v) is 6.52. The first-order valence-electron chi connectivity index (χ1n) is 7.52. The van der Waals surface area contributed by atoms with Crippen LogP contribution in [0, 0.1) is 0 Å². The number of hydrogen-bond donors (Lipinski definition) is 2. The van der Waals surface area contributed by atoms with Gasteiger partial charge in [-0.3, -0.25) is 0 Å². The minimum atomic E-state index is -3.38. The molecule has 1 fully saturated rings. The van der Waals surface area contributed by atoms with Crippen LogP contribution in [-0.2, 0) is 16.4 Å². The van der Waals surface area contributed by atoms with E-state index >= 15 is 0 Å². The zero-order valence-corrected chi connectivity index (χ0v) is 13.9. The van der Waals surface area contributed by atoms with Crippen molar-refractivity contribution in [2.45, 2.75) is 42.2 Å². The van der Waals surface area contributed by atoms with Gasteiger partial charge in [0.25, 0.3) is 0 Å². The average Bonchev–Trinajstić information content (AvgIpc) is 2.52. The molecule has 1 aliphatic rings. The van der Waals surface area contributed by atoms with Crippen LogP contribution in [0.15, 0.2) is 29.2 Å². The maximum Gasteiger partial charge on any atom is 0.240 e. The van der Waals surface area contributed by atoms with Gasteiger partial charge >= 0.3 is 0 Å². The van der Waals surface area contributed by atoms with Crippen molar-refractivity contribution in [3.8, 4) is 0 Å². The van der Waals surface area contributed by atoms with E-state index in [0.717, 1.165) is 30.6 Å². The largest absolute Gasteiger partial charge is 0.330 e. The summed E-state index contributed by atoms with van der Waals surface area (Å²) in [5.74, 6) is 1.14. The van der Waals surface area contributed by atoms with Gasteiger partial charge < -0.3 is 5.73 Å². The Labute approximate surface area is 131 Å². The Morgan fingerprint density at radius 3 is 2.62 bits per heavy atom. The van der Waals surface area contributed by atoms with Gasteiger partial charge in [0, 0.05) is 11.8 Å². The van der Waals surface area contributed by atoms with Gasteiger partial charge in [0.05, 0.1) is 4.90 Å². The second kappa shape index (κ2) is 8.17. The highest BCUT2D eigenvalue weighted by molar-refractivity contribution is 8.00. The fraction of sp³-hybridized carbons (Fsp3) is 0.600. The molecule has 0 radical (unpaired) electrons. The first-order chi connectivity index (χ1) is 10.1. The average molecular weight is 329 g/mol. The lowest BCUT2D eigenvalue weighted by atomic mass is 10.1. The highest BCUT2D eigenvalue weighted by Crippen LogP contribution is 2.24. The van der Waals surface area contributed by atoms with Gasteiger partial charge in [-0.2, -0.15) is 11.8 Å². The molecule has 21 heavy (non-hydrogen) atoms. The first-order valence-corrected chi connectivity index (χ1v) is 10.1. The minimum absolute atomic E-state index is 0.347. The smallest absolute Gasteiger partial charge is 0.240 e. The summed E-state index contributed by atoms with van der Waals surface area (Å²) in [6.45, 7) is 1.18. The van der Waals surface area contributed by atoms with Crippen LogP contribution in [0.25, 0.3) is 0 Å². The van der Waals surface area contributed by atoms with Crippen LogP contribution in [0.2, 0.25) is 0 Å². The van der Waals surface area contributed by atoms with Crippen molar-refractivity contribution in [3.05, 3.63) is 29.8 Å². The third-order valence-electron chi connectivity index (χ3n) is 3.68. The van der Waals surface area contributed by atoms with Crippen LogP contribution in [0.5, 0.6) is 0 Å². The van der Waals surface area contributed by atoms with E-state index in [2.05, 4.69) is 4.72 Å². The molecule has 3 N–H and O–H groups in total. The molecular formula is C15H24N2O2S2. The molecule has 0 aliphatic carbocycles. The van der Waals surface area contributed by atoms with Gasteiger partial charge in [-0.1, -0.05) is 18.6 Å². The maximum atomic E-state index is 12.3. The van der Waals surface area contributed by atoms with E-state index in [0.29, 0.717) is 23.2 Å². The molecule has 0 amide bonds. The fourth-order valence-electron chi connectivity index (χ4n) is 2.40. The quantitative estimate of drug-likeness (QED) is 0.804. The van der Waals surface area contributed by atoms with Crippen LogP contribution in [0.4, 0.5) is 0 Å². The highest BCUT2D eigenvalue weighted by Gasteiger charge is 2.19. The molecule has 4 nitrogen and oxygen atoms in total. The first kappa shape index (κ1) is 16.8. The summed E-state index contributed by atoms with van der Waals surface area (Å²) >= 11 is 1.87. The van der Waals surface area contributed by atoms with E-state index in [1.54, 1.807) is 12.1 Å². The van der Waals surface area contributed by atoms with Crippen molar-refractivity contribution in [2.24, 2.45) is 5.73 Å². The number of hydrogen-bond acceptors (Lipinski definition) is 4. The molecule has 1 atom stereocenters. The molecule has 2 rings (SSSR count). The van der Waals surface area contributed by atoms with Crippen LogP contribution < -0.4 is 10.5 Å². The summed E-state index contributed by atoms with van der Waals surface area (Å²) in [7, 11) is -3.38. The SMILES string of the molecule is NCCCc1ccc(S(=O)(=O)NCC2CCCCS2)cc1. The number of rotatable bonds is 7. The molecule has 1 heterocycles. The van der Waals surface area contributed by atoms with Gasteiger partial charge in [0.15, 0.2) is 0 Å². The summed E-state index contributed by atoms with van der Waals surface area (Å²) in [5, 5.41) is 0.414. The topological polar surface area (TPSA) is 72.2 Å². The Balaban J connectivity index is 1.91. The van der Waals surface area contributed by atoms with Crippen LogP contribution in [0.1, 0.15) is 31.2 Å². The summed E-state index contributed by atoms with van der Waals surface area (Å²) < 4.78 is 27.3. The van der Waals surface area contributed by atoms with Crippen molar-refractivity contribution in [1.29, 1.82) is 0 Å². The van der Waals surface area contributed by atoms with Gasteiger partial charge in [0.2, 0.25) is 10.0 Å². The minimum Gasteiger partial charge on any atom is -0.330 e. The Hall–Kier alpha value is -0.560. The van der Waals surface area contributed by atoms with Gasteiger partial charge in [0.1, 0.15) is 0 Å². The van der Waals surface area contributed by atoms with Crippen molar-refractivity contribution in [1.82, 2.24) is 4.72 Å². The standard InChI is InChI=1S/C15H24N2O2S2/c16-10-3-4-13-6-8-15(9-7-13)21(18,19)17-12-14-5-1-2-11-20-14/h6-9,14,17H,1-5,10-12,16H2. The lowest BCUT2D eigenvalue weighted by Gasteiger charge is -2.21. The van der Waals surface area contributed by atoms with Gasteiger partial charge in [-0.15, -0.1) is 0 Å². The zero-order chi connectivity index (χ0) is 15.1. The Morgan fingerprint density at radius 2 is 2.00 bits per heavy atom. The molecule has 0 aromatic heterocycles. The van der Waals surface area contributed by atoms with E-state index < -0.39 is 10.0 Å². The van der Waals surface area contributed by atoms with Crippen molar-refractivity contribution < 1.29 is 8.42 Å². The monoisotopic (exact) mass is 328 g/mol. The number of benzene rings is 1. The zero-order valence-electron chi connectivity index (χ0n) is 12.3. The Morgan fingerprint density at radius 1 is 1.24 bits per heavy atom. The Bertz CT molecular complexity index is 523. The second-order valence-corrected chi connectivity index (χ2v) is 8.55. The van der Waals surface area contributed by atoms with Gasteiger partial charge in [-0.05, 0) is 55.7 Å². The molecule has 0 spiro atoms. The molecule has 1 saturated heterocycles. The molecule has 1 unspecified atom stereocenters. The van der Waals surface area contributed by atoms with Crippen LogP contribution in [0.3, 0.4) is 0 Å². The maximum absolute atomic E-state index is 12.3. The molecule has 1 aliphatic heterocycles. The molecule has 1 aromatic rings. The number of nitrogens with two attached hydrogens (primary N) is 1. The van der Waals surface area contributed by atoms with E-state index in [1.165, 1.54) is 12.8 Å². The predicted molar refractivity (Wildman–Crippen MR) is 89.1 cm³/mol. The lowest BCUT2D eigenvalue weighted by molar-refractivity contribution is 0.574. The van der Waals surface area contributed by atoms with E-state index in [1.807, 2.05) is 23.9 Å². The molecular weight excluding hydrogens is 304 g/mol. The number of thioether (sulfide) groups is 1. The summed E-state index contributed by atoms with van der Waals surface area (Å²) in [6.07, 6.45) is 5.37. The molecule has 0 bridgehead atoms. The summed E-state index contributed by atoms with van der Waals surface area (Å²) in [4.78, 5) is 0.347. The van der Waals surface area contributed by atoms with Crippen molar-refractivity contribution >= 4 is 21.8 Å². The number of aryl methyl sites for hydroxylation is 1. The van der Waals surface area contributed by atoms with E-state index in [-0.39, 0.29) is 0 Å².